The smallest absolute Gasteiger partial charge is 0.240 e. The Kier molecular flexibility index (Phi) is 7.17. The Morgan fingerprint density at radius 1 is 1.24 bits per heavy atom. The average molecular weight is 414 g/mol. The molecular formula is C19H19FN6O2S. The number of aromatic hydroxyl groups is 1. The molecule has 0 saturated heterocycles. The minimum absolute atomic E-state index is 0.123. The molecule has 0 spiro atoms. The van der Waals surface area contributed by atoms with Gasteiger partial charge in [-0.2, -0.15) is 10.1 Å². The zero-order valence-corrected chi connectivity index (χ0v) is 16.1. The Labute approximate surface area is 170 Å². The van der Waals surface area contributed by atoms with Gasteiger partial charge in [0.2, 0.25) is 17.0 Å². The van der Waals surface area contributed by atoms with Gasteiger partial charge in [0.15, 0.2) is 0 Å². The van der Waals surface area contributed by atoms with Gasteiger partial charge >= 0.3 is 0 Å². The van der Waals surface area contributed by atoms with E-state index in [2.05, 4.69) is 31.0 Å². The van der Waals surface area contributed by atoms with Crippen LogP contribution >= 0.6 is 11.8 Å². The van der Waals surface area contributed by atoms with Crippen molar-refractivity contribution in [3.8, 4) is 5.75 Å². The molecule has 8 nitrogen and oxygen atoms in total. The first-order chi connectivity index (χ1) is 14.1. The number of hydrazone groups is 1. The predicted octanol–water partition coefficient (Wildman–Crippen LogP) is 2.55. The van der Waals surface area contributed by atoms with Crippen LogP contribution in [0.25, 0.3) is 0 Å². The summed E-state index contributed by atoms with van der Waals surface area (Å²) < 4.78 is 12.9. The third kappa shape index (κ3) is 6.61. The molecule has 0 aliphatic heterocycles. The standard InChI is InChI=1S/C19H19FN6O2S/c20-15-7-5-13(6-8-15)9-10-21-17(28)12-29-19-23-18(25-26-19)24-22-11-14-3-1-2-4-16(14)27/h1-8,11,27H,9-10,12H2,(H,21,28)(H2,23,24,25,26)/b22-11+. The van der Waals surface area contributed by atoms with E-state index < -0.39 is 0 Å². The number of H-pyrrole nitrogens is 1. The minimum atomic E-state index is -0.279. The Morgan fingerprint density at radius 2 is 2.03 bits per heavy atom. The van der Waals surface area contributed by atoms with Crippen molar-refractivity contribution in [2.75, 3.05) is 17.7 Å². The number of halogens is 1. The van der Waals surface area contributed by atoms with Crippen molar-refractivity contribution in [1.82, 2.24) is 20.5 Å². The van der Waals surface area contributed by atoms with Crippen LogP contribution < -0.4 is 10.7 Å². The molecule has 0 aliphatic carbocycles. The summed E-state index contributed by atoms with van der Waals surface area (Å²) in [5, 5.41) is 23.5. The molecule has 0 aliphatic rings. The van der Waals surface area contributed by atoms with Crippen molar-refractivity contribution in [2.45, 2.75) is 11.6 Å². The lowest BCUT2D eigenvalue weighted by molar-refractivity contribution is -0.118. The first kappa shape index (κ1) is 20.3. The van der Waals surface area contributed by atoms with E-state index in [0.29, 0.717) is 29.6 Å². The number of phenolic OH excluding ortho intramolecular Hbond substituents is 1. The Morgan fingerprint density at radius 3 is 2.83 bits per heavy atom. The van der Waals surface area contributed by atoms with Gasteiger partial charge in [0, 0.05) is 12.1 Å². The fourth-order valence-corrected chi connectivity index (χ4v) is 2.93. The Bertz CT molecular complexity index is 977. The number of hydrogen-bond acceptors (Lipinski definition) is 7. The van der Waals surface area contributed by atoms with Gasteiger partial charge in [-0.15, -0.1) is 5.10 Å². The summed E-state index contributed by atoms with van der Waals surface area (Å²) in [5.41, 5.74) is 4.19. The number of rotatable bonds is 9. The zero-order chi connectivity index (χ0) is 20.5. The van der Waals surface area contributed by atoms with Crippen LogP contribution in [0, 0.1) is 5.82 Å². The van der Waals surface area contributed by atoms with Gasteiger partial charge in [0.1, 0.15) is 11.6 Å². The normalized spacial score (nSPS) is 10.9. The number of anilines is 1. The molecule has 0 saturated carbocycles. The highest BCUT2D eigenvalue weighted by atomic mass is 32.2. The van der Waals surface area contributed by atoms with Gasteiger partial charge in [-0.1, -0.05) is 36.0 Å². The molecule has 0 fully saturated rings. The summed E-state index contributed by atoms with van der Waals surface area (Å²) in [6.07, 6.45) is 2.08. The molecule has 1 aromatic heterocycles. The molecule has 0 unspecified atom stereocenters. The number of aromatic nitrogens is 3. The number of carbonyl (C=O) groups excluding carboxylic acids is 1. The molecule has 10 heteroatoms. The van der Waals surface area contributed by atoms with Crippen molar-refractivity contribution in [2.24, 2.45) is 5.10 Å². The molecule has 29 heavy (non-hydrogen) atoms. The Hall–Kier alpha value is -3.40. The van der Waals surface area contributed by atoms with E-state index in [9.17, 15) is 14.3 Å². The molecule has 0 atom stereocenters. The number of benzene rings is 2. The van der Waals surface area contributed by atoms with E-state index in [1.54, 1.807) is 36.4 Å². The van der Waals surface area contributed by atoms with Gasteiger partial charge in [0.25, 0.3) is 0 Å². The molecule has 4 N–H and O–H groups in total. The first-order valence-corrected chi connectivity index (χ1v) is 9.72. The Balaban J connectivity index is 1.37. The van der Waals surface area contributed by atoms with Gasteiger partial charge < -0.3 is 10.4 Å². The van der Waals surface area contributed by atoms with Crippen LogP contribution in [-0.2, 0) is 11.2 Å². The summed E-state index contributed by atoms with van der Waals surface area (Å²) in [6, 6.07) is 13.0. The molecule has 3 rings (SSSR count). The number of phenols is 1. The van der Waals surface area contributed by atoms with Crippen LogP contribution in [0.2, 0.25) is 0 Å². The molecule has 1 amide bonds. The third-order valence-corrected chi connectivity index (χ3v) is 4.60. The highest BCUT2D eigenvalue weighted by molar-refractivity contribution is 7.99. The molecule has 1 heterocycles. The van der Waals surface area contributed by atoms with Gasteiger partial charge in [-0.25, -0.2) is 14.9 Å². The SMILES string of the molecule is O=C(CSc1n[nH]c(N/N=C/c2ccccc2O)n1)NCCc1ccc(F)cc1. The summed E-state index contributed by atoms with van der Waals surface area (Å²) in [7, 11) is 0. The van der Waals surface area contributed by atoms with Crippen LogP contribution in [0.5, 0.6) is 5.75 Å². The van der Waals surface area contributed by atoms with Crippen molar-refractivity contribution >= 4 is 29.8 Å². The predicted molar refractivity (Wildman–Crippen MR) is 110 cm³/mol. The molecule has 0 radical (unpaired) electrons. The maximum atomic E-state index is 12.9. The highest BCUT2D eigenvalue weighted by Crippen LogP contribution is 2.15. The fourth-order valence-electron chi connectivity index (χ4n) is 2.30. The number of para-hydroxylation sites is 1. The monoisotopic (exact) mass is 414 g/mol. The van der Waals surface area contributed by atoms with Crippen LogP contribution in [0.1, 0.15) is 11.1 Å². The lowest BCUT2D eigenvalue weighted by Gasteiger charge is -2.04. The molecule has 3 aromatic rings. The van der Waals surface area contributed by atoms with Crippen LogP contribution in [0.4, 0.5) is 10.3 Å². The number of amides is 1. The van der Waals surface area contributed by atoms with E-state index in [1.807, 2.05) is 0 Å². The summed E-state index contributed by atoms with van der Waals surface area (Å²) >= 11 is 1.18. The fraction of sp³-hybridized carbons (Fsp3) is 0.158. The van der Waals surface area contributed by atoms with E-state index in [4.69, 9.17) is 0 Å². The maximum Gasteiger partial charge on any atom is 0.240 e. The zero-order valence-electron chi connectivity index (χ0n) is 15.3. The molecule has 150 valence electrons. The van der Waals surface area contributed by atoms with E-state index in [0.717, 1.165) is 5.56 Å². The van der Waals surface area contributed by atoms with Gasteiger partial charge in [-0.05, 0) is 36.2 Å². The number of nitrogens with one attached hydrogen (secondary N) is 3. The second-order valence-electron chi connectivity index (χ2n) is 5.91. The summed E-state index contributed by atoms with van der Waals surface area (Å²) in [5.74, 6) is 0.183. The van der Waals surface area contributed by atoms with Crippen LogP contribution in [-0.4, -0.2) is 44.7 Å². The van der Waals surface area contributed by atoms with Crippen molar-refractivity contribution in [3.63, 3.8) is 0 Å². The topological polar surface area (TPSA) is 115 Å². The van der Waals surface area contributed by atoms with E-state index in [1.165, 1.54) is 30.1 Å². The first-order valence-electron chi connectivity index (χ1n) is 8.73. The van der Waals surface area contributed by atoms with Crippen LogP contribution in [0.15, 0.2) is 58.8 Å². The lowest BCUT2D eigenvalue weighted by atomic mass is 10.1. The third-order valence-electron chi connectivity index (χ3n) is 3.76. The lowest BCUT2D eigenvalue weighted by Crippen LogP contribution is -2.27. The number of thioether (sulfide) groups is 1. The number of carbonyl (C=O) groups is 1. The quantitative estimate of drug-likeness (QED) is 0.243. The number of aromatic amines is 1. The average Bonchev–Trinajstić information content (AvgIpc) is 3.17. The number of hydrogen-bond donors (Lipinski definition) is 4. The highest BCUT2D eigenvalue weighted by Gasteiger charge is 2.07. The molecular weight excluding hydrogens is 395 g/mol. The van der Waals surface area contributed by atoms with Crippen molar-refractivity contribution in [1.29, 1.82) is 0 Å². The molecule has 2 aromatic carbocycles. The van der Waals surface area contributed by atoms with Gasteiger partial charge in [0.05, 0.1) is 12.0 Å². The van der Waals surface area contributed by atoms with Crippen molar-refractivity contribution in [3.05, 3.63) is 65.5 Å². The van der Waals surface area contributed by atoms with Gasteiger partial charge in [-0.3, -0.25) is 4.79 Å². The second-order valence-corrected chi connectivity index (χ2v) is 6.85. The summed E-state index contributed by atoms with van der Waals surface area (Å²) in [6.45, 7) is 0.465. The number of nitrogens with zero attached hydrogens (tertiary/aromatic N) is 3. The van der Waals surface area contributed by atoms with E-state index in [-0.39, 0.29) is 23.2 Å². The minimum Gasteiger partial charge on any atom is -0.507 e. The van der Waals surface area contributed by atoms with E-state index >= 15 is 0 Å². The maximum absolute atomic E-state index is 12.9. The summed E-state index contributed by atoms with van der Waals surface area (Å²) in [4.78, 5) is 16.1. The second kappa shape index (κ2) is 10.2. The molecule has 0 bridgehead atoms. The van der Waals surface area contributed by atoms with Crippen LogP contribution in [0.3, 0.4) is 0 Å². The van der Waals surface area contributed by atoms with Crippen molar-refractivity contribution < 1.29 is 14.3 Å². The largest absolute Gasteiger partial charge is 0.507 e.